The Balaban J connectivity index is 1.90. The lowest BCUT2D eigenvalue weighted by atomic mass is 9.75. The first-order valence-corrected chi connectivity index (χ1v) is 10.2. The first kappa shape index (κ1) is 17.5. The normalized spacial score (nSPS) is 23.8. The highest BCUT2D eigenvalue weighted by Gasteiger charge is 2.40. The van der Waals surface area contributed by atoms with Gasteiger partial charge in [-0.1, -0.05) is 12.2 Å². The fourth-order valence-corrected chi connectivity index (χ4v) is 5.01. The summed E-state index contributed by atoms with van der Waals surface area (Å²) in [6.45, 7) is 2.68. The minimum atomic E-state index is -0.427. The van der Waals surface area contributed by atoms with Gasteiger partial charge in [0.15, 0.2) is 5.11 Å². The molecular formula is C21H27N3OS. The van der Waals surface area contributed by atoms with Crippen molar-refractivity contribution in [1.29, 1.82) is 0 Å². The number of thiocarbonyl (C=S) groups is 1. The van der Waals surface area contributed by atoms with Gasteiger partial charge in [0.2, 0.25) is 0 Å². The third-order valence-electron chi connectivity index (χ3n) is 5.74. The largest absolute Gasteiger partial charge is 0.498 e. The van der Waals surface area contributed by atoms with Crippen molar-refractivity contribution < 1.29 is 4.74 Å². The molecule has 1 aromatic rings. The van der Waals surface area contributed by atoms with Crippen LogP contribution in [-0.4, -0.2) is 16.7 Å². The zero-order chi connectivity index (χ0) is 18.1. The molecule has 3 N–H and O–H groups in total. The van der Waals surface area contributed by atoms with E-state index in [0.717, 1.165) is 37.9 Å². The molecule has 0 amide bonds. The molecule has 3 aliphatic rings. The summed E-state index contributed by atoms with van der Waals surface area (Å²) in [4.78, 5) is 5.05. The van der Waals surface area contributed by atoms with Crippen LogP contribution in [0, 0.1) is 0 Å². The van der Waals surface area contributed by atoms with Gasteiger partial charge in [-0.2, -0.15) is 0 Å². The highest BCUT2D eigenvalue weighted by Crippen LogP contribution is 2.43. The van der Waals surface area contributed by atoms with Gasteiger partial charge in [0.25, 0.3) is 0 Å². The van der Waals surface area contributed by atoms with Crippen molar-refractivity contribution in [2.75, 3.05) is 6.61 Å². The molecule has 0 fully saturated rings. The van der Waals surface area contributed by atoms with Crippen LogP contribution in [0.15, 0.2) is 24.0 Å². The molecule has 0 aliphatic heterocycles. The molecule has 1 aromatic heterocycles. The van der Waals surface area contributed by atoms with Crippen molar-refractivity contribution >= 4 is 17.3 Å². The molecule has 0 bridgehead atoms. The van der Waals surface area contributed by atoms with Crippen LogP contribution in [0.5, 0.6) is 0 Å². The average Bonchev–Trinajstić information content (AvgIpc) is 3.07. The summed E-state index contributed by atoms with van der Waals surface area (Å²) in [6, 6.07) is 0. The Bertz CT molecular complexity index is 799. The molecule has 1 atom stereocenters. The number of ether oxygens (including phenoxy) is 1. The van der Waals surface area contributed by atoms with Crippen LogP contribution in [0.25, 0.3) is 0 Å². The van der Waals surface area contributed by atoms with Crippen LogP contribution < -0.4 is 11.1 Å². The molecule has 4 rings (SSSR count). The topological polar surface area (TPSA) is 60.2 Å². The summed E-state index contributed by atoms with van der Waals surface area (Å²) in [7, 11) is 0. The summed E-state index contributed by atoms with van der Waals surface area (Å²) in [5, 5.41) is 3.79. The van der Waals surface area contributed by atoms with Crippen LogP contribution in [-0.2, 0) is 36.0 Å². The monoisotopic (exact) mass is 369 g/mol. The molecule has 0 saturated carbocycles. The zero-order valence-electron chi connectivity index (χ0n) is 15.4. The van der Waals surface area contributed by atoms with E-state index in [1.807, 2.05) is 6.92 Å². The molecule has 26 heavy (non-hydrogen) atoms. The highest BCUT2D eigenvalue weighted by atomic mass is 32.1. The lowest BCUT2D eigenvalue weighted by molar-refractivity contribution is 0.200. The quantitative estimate of drug-likeness (QED) is 0.797. The summed E-state index contributed by atoms with van der Waals surface area (Å²) in [5.41, 5.74) is 12.4. The molecular weight excluding hydrogens is 342 g/mol. The summed E-state index contributed by atoms with van der Waals surface area (Å²) < 4.78 is 5.87. The average molecular weight is 370 g/mol. The van der Waals surface area contributed by atoms with E-state index in [0.29, 0.717) is 11.7 Å². The zero-order valence-corrected chi connectivity index (χ0v) is 16.3. The van der Waals surface area contributed by atoms with Crippen LogP contribution in [0.4, 0.5) is 0 Å². The Hall–Kier alpha value is -1.88. The lowest BCUT2D eigenvalue weighted by Crippen LogP contribution is -2.49. The molecule has 1 unspecified atom stereocenters. The lowest BCUT2D eigenvalue weighted by Gasteiger charge is -2.39. The maximum atomic E-state index is 6.00. The molecule has 0 spiro atoms. The number of nitrogens with one attached hydrogen (secondary N) is 1. The number of nitrogens with zero attached hydrogens (tertiary/aromatic N) is 1. The van der Waals surface area contributed by atoms with Crippen LogP contribution in [0.1, 0.15) is 60.7 Å². The van der Waals surface area contributed by atoms with E-state index >= 15 is 0 Å². The molecule has 0 aromatic carbocycles. The van der Waals surface area contributed by atoms with Gasteiger partial charge in [0.05, 0.1) is 17.9 Å². The van der Waals surface area contributed by atoms with Crippen molar-refractivity contribution in [2.24, 2.45) is 5.73 Å². The second-order valence-electron chi connectivity index (χ2n) is 7.46. The van der Waals surface area contributed by atoms with Crippen LogP contribution >= 0.6 is 12.2 Å². The van der Waals surface area contributed by atoms with Crippen molar-refractivity contribution in [1.82, 2.24) is 10.3 Å². The van der Waals surface area contributed by atoms with E-state index in [2.05, 4.69) is 23.5 Å². The van der Waals surface area contributed by atoms with Gasteiger partial charge in [0, 0.05) is 17.8 Å². The van der Waals surface area contributed by atoms with Gasteiger partial charge in [-0.05, 0) is 86.9 Å². The van der Waals surface area contributed by atoms with Gasteiger partial charge in [-0.25, -0.2) is 0 Å². The van der Waals surface area contributed by atoms with E-state index in [4.69, 9.17) is 27.7 Å². The third kappa shape index (κ3) is 3.02. The van der Waals surface area contributed by atoms with Gasteiger partial charge in [0.1, 0.15) is 0 Å². The molecule has 3 aliphatic carbocycles. The van der Waals surface area contributed by atoms with Crippen molar-refractivity contribution in [3.8, 4) is 0 Å². The van der Waals surface area contributed by atoms with Gasteiger partial charge >= 0.3 is 0 Å². The van der Waals surface area contributed by atoms with E-state index < -0.39 is 5.54 Å². The second kappa shape index (κ2) is 7.03. The fraction of sp³-hybridized carbons (Fsp3) is 0.524. The predicted molar refractivity (Wildman–Crippen MR) is 108 cm³/mol. The molecule has 4 nitrogen and oxygen atoms in total. The predicted octanol–water partition coefficient (Wildman–Crippen LogP) is 3.36. The number of hydrogen-bond donors (Lipinski definition) is 2. The Morgan fingerprint density at radius 3 is 2.62 bits per heavy atom. The number of allylic oxidation sites excluding steroid dienone is 2. The Labute approximate surface area is 160 Å². The van der Waals surface area contributed by atoms with E-state index in [-0.39, 0.29) is 0 Å². The maximum Gasteiger partial charge on any atom is 0.164 e. The SMILES string of the molecule is CCOC1=CC=CC(NC(N)=S)(c2c3c(nc4c2CCC4)CCCC3)C1. The van der Waals surface area contributed by atoms with Crippen molar-refractivity contribution in [3.05, 3.63) is 52.1 Å². The summed E-state index contributed by atoms with van der Waals surface area (Å²) >= 11 is 5.29. The molecule has 138 valence electrons. The number of pyridine rings is 1. The number of rotatable bonds is 4. The molecule has 1 heterocycles. The second-order valence-corrected chi connectivity index (χ2v) is 7.90. The number of aromatic nitrogens is 1. The summed E-state index contributed by atoms with van der Waals surface area (Å²) in [5.74, 6) is 0.979. The smallest absolute Gasteiger partial charge is 0.164 e. The van der Waals surface area contributed by atoms with Crippen molar-refractivity contribution in [2.45, 2.75) is 63.8 Å². The maximum absolute atomic E-state index is 6.00. The van der Waals surface area contributed by atoms with Gasteiger partial charge < -0.3 is 15.8 Å². The van der Waals surface area contributed by atoms with Crippen molar-refractivity contribution in [3.63, 3.8) is 0 Å². The number of nitrogens with two attached hydrogens (primary N) is 1. The summed E-state index contributed by atoms with van der Waals surface area (Å²) in [6.07, 6.45) is 15.1. The number of fused-ring (bicyclic) bond motifs is 2. The molecule has 5 heteroatoms. The van der Waals surface area contributed by atoms with E-state index in [1.54, 1.807) is 0 Å². The highest BCUT2D eigenvalue weighted by molar-refractivity contribution is 7.80. The molecule has 0 saturated heterocycles. The minimum absolute atomic E-state index is 0.334. The van der Waals surface area contributed by atoms with Gasteiger partial charge in [-0.15, -0.1) is 0 Å². The first-order chi connectivity index (χ1) is 12.6. The van der Waals surface area contributed by atoms with E-state index in [9.17, 15) is 0 Å². The third-order valence-corrected chi connectivity index (χ3v) is 5.84. The first-order valence-electron chi connectivity index (χ1n) is 9.76. The van der Waals surface area contributed by atoms with Gasteiger partial charge in [-0.3, -0.25) is 4.98 Å². The number of aryl methyl sites for hydroxylation is 2. The van der Waals surface area contributed by atoms with Crippen LogP contribution in [0.2, 0.25) is 0 Å². The standard InChI is InChI=1S/C21H27N3OS/c1-2-25-14-7-6-12-21(13-14,24-20(22)26)19-15-8-3-4-10-17(15)23-18-11-5-9-16(18)19/h6-7,12H,2-5,8-11,13H2,1H3,(H3,22,24,26). The van der Waals surface area contributed by atoms with E-state index in [1.165, 1.54) is 47.3 Å². The van der Waals surface area contributed by atoms with Crippen LogP contribution in [0.3, 0.4) is 0 Å². The Kier molecular flexibility index (Phi) is 4.74. The Morgan fingerprint density at radius 1 is 1.19 bits per heavy atom. The number of hydrogen-bond acceptors (Lipinski definition) is 3. The minimum Gasteiger partial charge on any atom is -0.498 e. The Morgan fingerprint density at radius 2 is 1.88 bits per heavy atom. The molecule has 0 radical (unpaired) electrons. The fourth-order valence-electron chi connectivity index (χ4n) is 4.82.